The highest BCUT2D eigenvalue weighted by atomic mass is 32.2. The van der Waals surface area contributed by atoms with Crippen LogP contribution in [0.25, 0.3) is 0 Å². The summed E-state index contributed by atoms with van der Waals surface area (Å²) < 4.78 is 5.91. The summed E-state index contributed by atoms with van der Waals surface area (Å²) in [6, 6.07) is 16.2. The van der Waals surface area contributed by atoms with E-state index in [-0.39, 0.29) is 6.10 Å². The Bertz CT molecular complexity index is 531. The van der Waals surface area contributed by atoms with E-state index in [1.54, 1.807) is 11.8 Å². The lowest BCUT2D eigenvalue weighted by atomic mass is 10.1. The first-order valence-corrected chi connectivity index (χ1v) is 7.03. The minimum absolute atomic E-state index is 0.256. The molecule has 18 heavy (non-hydrogen) atoms. The minimum atomic E-state index is 0.256. The summed E-state index contributed by atoms with van der Waals surface area (Å²) in [4.78, 5) is 1.14. The predicted octanol–water partition coefficient (Wildman–Crippen LogP) is 3.36. The number of nitrogens with two attached hydrogens (primary N) is 1. The van der Waals surface area contributed by atoms with Crippen LogP contribution >= 0.6 is 11.8 Å². The largest absolute Gasteiger partial charge is 0.489 e. The molecule has 0 saturated carbocycles. The topological polar surface area (TPSA) is 35.2 Å². The van der Waals surface area contributed by atoms with E-state index in [0.717, 1.165) is 28.5 Å². The molecule has 1 unspecified atom stereocenters. The second-order valence-corrected chi connectivity index (χ2v) is 5.46. The molecule has 0 saturated heterocycles. The van der Waals surface area contributed by atoms with Crippen LogP contribution in [0.1, 0.15) is 5.56 Å². The molecule has 1 aliphatic heterocycles. The first kappa shape index (κ1) is 11.5. The second kappa shape index (κ2) is 4.94. The van der Waals surface area contributed by atoms with Crippen LogP contribution in [-0.4, -0.2) is 11.9 Å². The normalized spacial score (nSPS) is 17.2. The molecule has 2 aromatic rings. The van der Waals surface area contributed by atoms with Gasteiger partial charge < -0.3 is 10.5 Å². The lowest BCUT2D eigenvalue weighted by molar-refractivity contribution is 0.259. The predicted molar refractivity (Wildman–Crippen MR) is 76.1 cm³/mol. The number of para-hydroxylation sites is 2. The van der Waals surface area contributed by atoms with E-state index in [2.05, 4.69) is 18.2 Å². The summed E-state index contributed by atoms with van der Waals surface area (Å²) in [5.74, 6) is 1.97. The highest BCUT2D eigenvalue weighted by Gasteiger charge is 2.22. The number of ether oxygens (including phenoxy) is 1. The van der Waals surface area contributed by atoms with E-state index in [1.807, 2.05) is 30.3 Å². The quantitative estimate of drug-likeness (QED) is 0.676. The number of anilines is 1. The molecule has 92 valence electrons. The van der Waals surface area contributed by atoms with Crippen molar-refractivity contribution in [3.63, 3.8) is 0 Å². The van der Waals surface area contributed by atoms with E-state index >= 15 is 0 Å². The highest BCUT2D eigenvalue weighted by molar-refractivity contribution is 7.99. The van der Waals surface area contributed by atoms with Crippen molar-refractivity contribution < 1.29 is 4.74 Å². The van der Waals surface area contributed by atoms with Crippen LogP contribution < -0.4 is 10.5 Å². The smallest absolute Gasteiger partial charge is 0.123 e. The molecule has 0 bridgehead atoms. The van der Waals surface area contributed by atoms with Crippen molar-refractivity contribution in [2.75, 3.05) is 11.5 Å². The Hall–Kier alpha value is -1.61. The molecule has 0 aliphatic carbocycles. The van der Waals surface area contributed by atoms with Crippen molar-refractivity contribution in [3.05, 3.63) is 54.1 Å². The maximum Gasteiger partial charge on any atom is 0.123 e. The molecule has 2 N–H and O–H groups in total. The lowest BCUT2D eigenvalue weighted by Crippen LogP contribution is -2.15. The van der Waals surface area contributed by atoms with Crippen molar-refractivity contribution >= 4 is 17.4 Å². The maximum absolute atomic E-state index is 5.93. The van der Waals surface area contributed by atoms with Gasteiger partial charge in [-0.05, 0) is 23.8 Å². The number of nitrogen functional groups attached to an aromatic ring is 1. The number of hydrogen-bond acceptors (Lipinski definition) is 3. The van der Waals surface area contributed by atoms with Crippen LogP contribution in [0.2, 0.25) is 0 Å². The molecule has 1 aliphatic rings. The van der Waals surface area contributed by atoms with Crippen LogP contribution in [0.5, 0.6) is 5.75 Å². The Labute approximate surface area is 111 Å². The number of fused-ring (bicyclic) bond motifs is 1. The Morgan fingerprint density at radius 3 is 2.72 bits per heavy atom. The molecule has 2 aromatic carbocycles. The third-order valence-corrected chi connectivity index (χ3v) is 4.28. The van der Waals surface area contributed by atoms with Gasteiger partial charge in [-0.1, -0.05) is 30.3 Å². The zero-order valence-corrected chi connectivity index (χ0v) is 10.8. The van der Waals surface area contributed by atoms with Gasteiger partial charge in [0.15, 0.2) is 0 Å². The fourth-order valence-corrected chi connectivity index (χ4v) is 3.10. The van der Waals surface area contributed by atoms with Gasteiger partial charge >= 0.3 is 0 Å². The van der Waals surface area contributed by atoms with Gasteiger partial charge in [-0.15, -0.1) is 11.8 Å². The number of rotatable bonds is 3. The van der Waals surface area contributed by atoms with Gasteiger partial charge in [0.1, 0.15) is 11.9 Å². The second-order valence-electron chi connectivity index (χ2n) is 4.40. The molecule has 1 atom stereocenters. The fourth-order valence-electron chi connectivity index (χ4n) is 2.14. The summed E-state index contributed by atoms with van der Waals surface area (Å²) in [6.45, 7) is 0. The Kier molecular flexibility index (Phi) is 3.15. The number of benzene rings is 2. The Balaban J connectivity index is 1.62. The summed E-state index contributed by atoms with van der Waals surface area (Å²) in [6.07, 6.45) is 1.25. The van der Waals surface area contributed by atoms with Crippen molar-refractivity contribution in [2.45, 2.75) is 17.4 Å². The standard InChI is InChI=1S/C15H15NOS/c16-13-6-2-4-8-15(13)18-10-12-9-11-5-1-3-7-14(11)17-12/h1-8,12H,9-10,16H2. The molecule has 1 heterocycles. The monoisotopic (exact) mass is 257 g/mol. The molecule has 3 heteroatoms. The first-order valence-electron chi connectivity index (χ1n) is 6.05. The average Bonchev–Trinajstić information content (AvgIpc) is 2.80. The number of thioether (sulfide) groups is 1. The van der Waals surface area contributed by atoms with Crippen molar-refractivity contribution in [3.8, 4) is 5.75 Å². The Morgan fingerprint density at radius 1 is 1.11 bits per heavy atom. The SMILES string of the molecule is Nc1ccccc1SCC1Cc2ccccc2O1. The fraction of sp³-hybridized carbons (Fsp3) is 0.200. The van der Waals surface area contributed by atoms with Crippen LogP contribution in [0.4, 0.5) is 5.69 Å². The maximum atomic E-state index is 5.93. The highest BCUT2D eigenvalue weighted by Crippen LogP contribution is 2.32. The van der Waals surface area contributed by atoms with Crippen LogP contribution in [-0.2, 0) is 6.42 Å². The van der Waals surface area contributed by atoms with Gasteiger partial charge in [-0.2, -0.15) is 0 Å². The van der Waals surface area contributed by atoms with E-state index in [0.29, 0.717) is 0 Å². The van der Waals surface area contributed by atoms with Crippen LogP contribution in [0, 0.1) is 0 Å². The first-order chi connectivity index (χ1) is 8.83. The van der Waals surface area contributed by atoms with Gasteiger partial charge in [0.25, 0.3) is 0 Å². The minimum Gasteiger partial charge on any atom is -0.489 e. The summed E-state index contributed by atoms with van der Waals surface area (Å²) in [5, 5.41) is 0. The number of hydrogen-bond donors (Lipinski definition) is 1. The molecular formula is C15H15NOS. The summed E-state index contributed by atoms with van der Waals surface area (Å²) in [5.41, 5.74) is 8.08. The van der Waals surface area contributed by atoms with Gasteiger partial charge in [-0.3, -0.25) is 0 Å². The molecule has 0 spiro atoms. The van der Waals surface area contributed by atoms with E-state index in [1.165, 1.54) is 5.56 Å². The lowest BCUT2D eigenvalue weighted by Gasteiger charge is -2.11. The van der Waals surface area contributed by atoms with Gasteiger partial charge in [0.05, 0.1) is 0 Å². The Morgan fingerprint density at radius 2 is 1.89 bits per heavy atom. The average molecular weight is 257 g/mol. The summed E-state index contributed by atoms with van der Waals surface area (Å²) >= 11 is 1.76. The molecule has 0 aromatic heterocycles. The van der Waals surface area contributed by atoms with Gasteiger partial charge in [0, 0.05) is 22.8 Å². The molecule has 0 amide bonds. The molecule has 0 radical (unpaired) electrons. The third-order valence-electron chi connectivity index (χ3n) is 3.06. The van der Waals surface area contributed by atoms with Crippen molar-refractivity contribution in [1.82, 2.24) is 0 Å². The van der Waals surface area contributed by atoms with Crippen molar-refractivity contribution in [1.29, 1.82) is 0 Å². The van der Waals surface area contributed by atoms with E-state index < -0.39 is 0 Å². The van der Waals surface area contributed by atoms with E-state index in [9.17, 15) is 0 Å². The van der Waals surface area contributed by atoms with E-state index in [4.69, 9.17) is 10.5 Å². The zero-order valence-electron chi connectivity index (χ0n) is 10.0. The van der Waals surface area contributed by atoms with Crippen LogP contribution in [0.15, 0.2) is 53.4 Å². The van der Waals surface area contributed by atoms with Gasteiger partial charge in [0.2, 0.25) is 0 Å². The third kappa shape index (κ3) is 2.31. The van der Waals surface area contributed by atoms with Gasteiger partial charge in [-0.25, -0.2) is 0 Å². The molecule has 3 rings (SSSR count). The molecule has 2 nitrogen and oxygen atoms in total. The summed E-state index contributed by atoms with van der Waals surface area (Å²) in [7, 11) is 0. The molecular weight excluding hydrogens is 242 g/mol. The van der Waals surface area contributed by atoms with Crippen LogP contribution in [0.3, 0.4) is 0 Å². The van der Waals surface area contributed by atoms with Crippen molar-refractivity contribution in [2.24, 2.45) is 0 Å². The molecule has 0 fully saturated rings. The zero-order chi connectivity index (χ0) is 12.4.